The minimum Gasteiger partial charge on any atom is -0.449 e. The van der Waals surface area contributed by atoms with Crippen LogP contribution < -0.4 is 16.1 Å². The van der Waals surface area contributed by atoms with Crippen LogP contribution in [0, 0.1) is 5.82 Å². The Morgan fingerprint density at radius 1 is 0.829 bits per heavy atom. The second kappa shape index (κ2) is 9.06. The number of aromatic nitrogens is 2. The highest BCUT2D eigenvalue weighted by Gasteiger charge is 2.24. The Kier molecular flexibility index (Phi) is 5.64. The molecule has 5 aromatic rings. The molecule has 0 fully saturated rings. The zero-order chi connectivity index (χ0) is 24.4. The lowest BCUT2D eigenvalue weighted by atomic mass is 10.2. The molecule has 2 aromatic heterocycles. The number of anilines is 2. The van der Waals surface area contributed by atoms with Crippen LogP contribution in [-0.2, 0) is 0 Å². The van der Waals surface area contributed by atoms with Gasteiger partial charge in [-0.1, -0.05) is 30.3 Å². The number of furan rings is 1. The number of amides is 2. The first kappa shape index (κ1) is 21.8. The predicted molar refractivity (Wildman–Crippen MR) is 128 cm³/mol. The van der Waals surface area contributed by atoms with E-state index in [9.17, 15) is 18.8 Å². The number of rotatable bonds is 5. The number of halogens is 1. The highest BCUT2D eigenvalue weighted by molar-refractivity contribution is 6.16. The topological polar surface area (TPSA) is 106 Å². The molecule has 35 heavy (non-hydrogen) atoms. The summed E-state index contributed by atoms with van der Waals surface area (Å²) in [6.07, 6.45) is 1.37. The molecule has 0 aliphatic carbocycles. The van der Waals surface area contributed by atoms with Crippen LogP contribution in [0.2, 0.25) is 0 Å². The van der Waals surface area contributed by atoms with E-state index in [1.165, 1.54) is 41.2 Å². The lowest BCUT2D eigenvalue weighted by Crippen LogP contribution is -2.26. The van der Waals surface area contributed by atoms with E-state index in [4.69, 9.17) is 4.42 Å². The summed E-state index contributed by atoms with van der Waals surface area (Å²) in [5.74, 6) is -1.96. The summed E-state index contributed by atoms with van der Waals surface area (Å²) in [5, 5.41) is 9.93. The van der Waals surface area contributed by atoms with Crippen LogP contribution in [0.3, 0.4) is 0 Å². The molecule has 9 heteroatoms. The van der Waals surface area contributed by atoms with Gasteiger partial charge in [0, 0.05) is 23.3 Å². The Morgan fingerprint density at radius 3 is 2.31 bits per heavy atom. The number of carbonyl (C=O) groups is 2. The van der Waals surface area contributed by atoms with Gasteiger partial charge in [0.25, 0.3) is 11.8 Å². The molecule has 0 spiro atoms. The first-order valence-electron chi connectivity index (χ1n) is 10.5. The van der Waals surface area contributed by atoms with Gasteiger partial charge in [-0.05, 0) is 48.5 Å². The molecule has 0 atom stereocenters. The number of carbonyl (C=O) groups excluding carboxylic acids is 2. The molecular formula is C26H17FN4O4. The van der Waals surface area contributed by atoms with E-state index in [0.29, 0.717) is 22.3 Å². The van der Waals surface area contributed by atoms with Gasteiger partial charge in [0.2, 0.25) is 11.2 Å². The second-order valence-electron chi connectivity index (χ2n) is 7.53. The number of fused-ring (bicyclic) bond motifs is 1. The molecular weight excluding hydrogens is 451 g/mol. The monoisotopic (exact) mass is 468 g/mol. The van der Waals surface area contributed by atoms with Gasteiger partial charge in [-0.2, -0.15) is 5.10 Å². The smallest absolute Gasteiger partial charge is 0.293 e. The van der Waals surface area contributed by atoms with Gasteiger partial charge < -0.3 is 15.1 Å². The molecule has 0 unspecified atom stereocenters. The van der Waals surface area contributed by atoms with E-state index < -0.39 is 28.8 Å². The first-order chi connectivity index (χ1) is 17.0. The zero-order valence-electron chi connectivity index (χ0n) is 18.1. The molecule has 2 amide bonds. The van der Waals surface area contributed by atoms with Gasteiger partial charge in [0.15, 0.2) is 5.69 Å². The second-order valence-corrected chi connectivity index (χ2v) is 7.53. The van der Waals surface area contributed by atoms with Crippen molar-refractivity contribution in [3.05, 3.63) is 119 Å². The third-order valence-corrected chi connectivity index (χ3v) is 5.19. The number of nitrogens with zero attached hydrogens (tertiary/aromatic N) is 2. The normalized spacial score (nSPS) is 10.8. The standard InChI is InChI=1S/C26H17FN4O4/c27-16-10-12-18(13-11-16)31-15-14-20(32)23(30-31)25(33)29-22-19-8-4-5-9-21(19)35-24(22)26(34)28-17-6-2-1-3-7-17/h1-15H,(H,28,34)(H,29,33). The third-order valence-electron chi connectivity index (χ3n) is 5.19. The number of benzene rings is 3. The number of hydrogen-bond acceptors (Lipinski definition) is 5. The van der Waals surface area contributed by atoms with Crippen molar-refractivity contribution in [1.29, 1.82) is 0 Å². The third kappa shape index (κ3) is 4.42. The van der Waals surface area contributed by atoms with Crippen LogP contribution in [0.4, 0.5) is 15.8 Å². The molecule has 0 aliphatic rings. The molecule has 5 rings (SSSR count). The van der Waals surface area contributed by atoms with Crippen molar-refractivity contribution in [3.8, 4) is 5.69 Å². The Bertz CT molecular complexity index is 1610. The average molecular weight is 468 g/mol. The number of nitrogens with one attached hydrogen (secondary N) is 2. The average Bonchev–Trinajstić information content (AvgIpc) is 3.24. The Labute approximate surface area is 197 Å². The predicted octanol–water partition coefficient (Wildman–Crippen LogP) is 4.62. The van der Waals surface area contributed by atoms with Gasteiger partial charge in [0.1, 0.15) is 17.1 Å². The summed E-state index contributed by atoms with van der Waals surface area (Å²) in [6.45, 7) is 0. The fourth-order valence-corrected chi connectivity index (χ4v) is 3.51. The Hall–Kier alpha value is -5.05. The summed E-state index contributed by atoms with van der Waals surface area (Å²) >= 11 is 0. The fraction of sp³-hybridized carbons (Fsp3) is 0. The molecule has 0 bridgehead atoms. The number of hydrogen-bond donors (Lipinski definition) is 2. The summed E-state index contributed by atoms with van der Waals surface area (Å²) in [5.41, 5.74) is 0.461. The van der Waals surface area contributed by atoms with Crippen LogP contribution >= 0.6 is 0 Å². The van der Waals surface area contributed by atoms with Crippen LogP contribution in [0.25, 0.3) is 16.7 Å². The maximum Gasteiger partial charge on any atom is 0.293 e. The first-order valence-corrected chi connectivity index (χ1v) is 10.5. The minimum absolute atomic E-state index is 0.109. The van der Waals surface area contributed by atoms with E-state index in [-0.39, 0.29) is 11.4 Å². The zero-order valence-corrected chi connectivity index (χ0v) is 18.1. The van der Waals surface area contributed by atoms with Gasteiger partial charge in [0.05, 0.1) is 5.69 Å². The Balaban J connectivity index is 1.51. The van der Waals surface area contributed by atoms with Gasteiger partial charge >= 0.3 is 0 Å². The molecule has 0 saturated heterocycles. The van der Waals surface area contributed by atoms with Crippen LogP contribution in [0.1, 0.15) is 21.0 Å². The summed E-state index contributed by atoms with van der Waals surface area (Å²) in [4.78, 5) is 38.6. The van der Waals surface area contributed by atoms with Gasteiger partial charge in [-0.3, -0.25) is 14.4 Å². The number of para-hydroxylation sites is 2. The Morgan fingerprint density at radius 2 is 1.54 bits per heavy atom. The molecule has 0 saturated carbocycles. The molecule has 2 heterocycles. The van der Waals surface area contributed by atoms with Crippen molar-refractivity contribution in [3.63, 3.8) is 0 Å². The van der Waals surface area contributed by atoms with Crippen LogP contribution in [-0.4, -0.2) is 21.6 Å². The van der Waals surface area contributed by atoms with Crippen molar-refractivity contribution >= 4 is 34.2 Å². The SMILES string of the molecule is O=C(Nc1ccccc1)c1oc2ccccc2c1NC(=O)c1nn(-c2ccc(F)cc2)ccc1=O. The maximum atomic E-state index is 13.3. The molecule has 8 nitrogen and oxygen atoms in total. The molecule has 0 radical (unpaired) electrons. The van der Waals surface area contributed by atoms with Crippen LogP contribution in [0.5, 0.6) is 0 Å². The maximum absolute atomic E-state index is 13.3. The summed E-state index contributed by atoms with van der Waals surface area (Å²) in [7, 11) is 0. The van der Waals surface area contributed by atoms with Crippen molar-refractivity contribution in [2.45, 2.75) is 0 Å². The highest BCUT2D eigenvalue weighted by atomic mass is 19.1. The fourth-order valence-electron chi connectivity index (χ4n) is 3.51. The van der Waals surface area contributed by atoms with Crippen molar-refractivity contribution in [2.75, 3.05) is 10.6 Å². The summed E-state index contributed by atoms with van der Waals surface area (Å²) in [6, 6.07) is 22.2. The van der Waals surface area contributed by atoms with Gasteiger partial charge in [-0.25, -0.2) is 9.07 Å². The molecule has 2 N–H and O–H groups in total. The minimum atomic E-state index is -0.827. The summed E-state index contributed by atoms with van der Waals surface area (Å²) < 4.78 is 20.3. The largest absolute Gasteiger partial charge is 0.449 e. The highest BCUT2D eigenvalue weighted by Crippen LogP contribution is 2.31. The van der Waals surface area contributed by atoms with E-state index in [0.717, 1.165) is 0 Å². The van der Waals surface area contributed by atoms with E-state index in [1.54, 1.807) is 48.5 Å². The van der Waals surface area contributed by atoms with Crippen molar-refractivity contribution < 1.29 is 18.4 Å². The van der Waals surface area contributed by atoms with E-state index in [2.05, 4.69) is 15.7 Å². The lowest BCUT2D eigenvalue weighted by molar-refractivity contribution is 0.0999. The van der Waals surface area contributed by atoms with Crippen molar-refractivity contribution in [2.24, 2.45) is 0 Å². The molecule has 0 aliphatic heterocycles. The quantitative estimate of drug-likeness (QED) is 0.391. The molecule has 3 aromatic carbocycles. The lowest BCUT2D eigenvalue weighted by Gasteiger charge is -2.09. The van der Waals surface area contributed by atoms with Crippen LogP contribution in [0.15, 0.2) is 100 Å². The van der Waals surface area contributed by atoms with Crippen molar-refractivity contribution in [1.82, 2.24) is 9.78 Å². The van der Waals surface area contributed by atoms with E-state index >= 15 is 0 Å². The van der Waals surface area contributed by atoms with E-state index in [1.807, 2.05) is 6.07 Å². The van der Waals surface area contributed by atoms with Gasteiger partial charge in [-0.15, -0.1) is 0 Å². The molecule has 172 valence electrons.